The highest BCUT2D eigenvalue weighted by Gasteiger charge is 2.19. The summed E-state index contributed by atoms with van der Waals surface area (Å²) in [5.74, 6) is 2.35. The normalized spacial score (nSPS) is 14.2. The Kier molecular flexibility index (Phi) is 6.08. The van der Waals surface area contributed by atoms with Gasteiger partial charge in [-0.15, -0.1) is 10.2 Å². The molecule has 0 saturated heterocycles. The molecule has 3 aromatic rings. The predicted octanol–water partition coefficient (Wildman–Crippen LogP) is 1.68. The summed E-state index contributed by atoms with van der Waals surface area (Å²) >= 11 is 0. The molecule has 4 rings (SSSR count). The summed E-state index contributed by atoms with van der Waals surface area (Å²) in [6, 6.07) is 3.79. The zero-order valence-electron chi connectivity index (χ0n) is 18.0. The van der Waals surface area contributed by atoms with Crippen molar-refractivity contribution in [2.75, 3.05) is 31.6 Å². The number of benzene rings is 1. The number of hydrogen-bond acceptors (Lipinski definition) is 8. The van der Waals surface area contributed by atoms with E-state index in [1.165, 1.54) is 0 Å². The first-order valence-electron chi connectivity index (χ1n) is 10.6. The van der Waals surface area contributed by atoms with Crippen molar-refractivity contribution < 1.29 is 19.4 Å². The van der Waals surface area contributed by atoms with Crippen molar-refractivity contribution in [1.29, 1.82) is 0 Å². The van der Waals surface area contributed by atoms with E-state index < -0.39 is 6.10 Å². The molecule has 3 N–H and O–H groups in total. The third kappa shape index (κ3) is 4.34. The maximum atomic E-state index is 11.8. The predicted molar refractivity (Wildman–Crippen MR) is 116 cm³/mol. The molecular weight excluding hydrogens is 400 g/mol. The fourth-order valence-electron chi connectivity index (χ4n) is 3.50. The lowest BCUT2D eigenvalue weighted by atomic mass is 10.1. The van der Waals surface area contributed by atoms with Crippen molar-refractivity contribution in [3.05, 3.63) is 18.0 Å². The van der Waals surface area contributed by atoms with Gasteiger partial charge in [-0.1, -0.05) is 13.8 Å². The minimum absolute atomic E-state index is 0.0998. The second-order valence-electron chi connectivity index (χ2n) is 7.96. The number of carbonyl (C=O) groups is 1. The number of aliphatic hydroxyl groups excluding tert-OH is 1. The molecule has 10 heteroatoms. The van der Waals surface area contributed by atoms with E-state index in [4.69, 9.17) is 14.5 Å². The summed E-state index contributed by atoms with van der Waals surface area (Å²) in [6.45, 7) is 7.73. The van der Waals surface area contributed by atoms with Crippen LogP contribution in [-0.2, 0) is 4.79 Å². The van der Waals surface area contributed by atoms with Crippen molar-refractivity contribution in [3.63, 3.8) is 0 Å². The monoisotopic (exact) mass is 428 g/mol. The number of amides is 1. The van der Waals surface area contributed by atoms with E-state index in [1.54, 1.807) is 0 Å². The maximum absolute atomic E-state index is 11.8. The highest BCUT2D eigenvalue weighted by Crippen LogP contribution is 2.35. The van der Waals surface area contributed by atoms with Gasteiger partial charge in [0.25, 0.3) is 0 Å². The number of aliphatic hydroxyl groups is 1. The molecule has 1 atom stereocenters. The fraction of sp³-hybridized carbons (Fsp3) is 0.524. The number of fused-ring (bicyclic) bond motifs is 4. The quantitative estimate of drug-likeness (QED) is 0.463. The van der Waals surface area contributed by atoms with E-state index in [0.717, 1.165) is 29.7 Å². The molecule has 0 radical (unpaired) electrons. The van der Waals surface area contributed by atoms with Gasteiger partial charge in [0.1, 0.15) is 25.1 Å². The minimum Gasteiger partial charge on any atom is -0.486 e. The van der Waals surface area contributed by atoms with Crippen molar-refractivity contribution >= 4 is 28.4 Å². The first-order valence-corrected chi connectivity index (χ1v) is 10.6. The SMILES string of the molecule is Cc1nnc2c(NCCCCNC(=O)[C@H](O)C(C)C)nc3cc4c(cc3n12)OCCO4. The second kappa shape index (κ2) is 8.93. The van der Waals surface area contributed by atoms with Crippen LogP contribution in [0.25, 0.3) is 16.7 Å². The Morgan fingerprint density at radius 3 is 2.61 bits per heavy atom. The first kappa shape index (κ1) is 21.1. The Morgan fingerprint density at radius 2 is 1.87 bits per heavy atom. The van der Waals surface area contributed by atoms with E-state index in [9.17, 15) is 9.90 Å². The molecular formula is C21H28N6O4. The molecule has 1 amide bonds. The van der Waals surface area contributed by atoms with Gasteiger partial charge in [0.05, 0.1) is 11.0 Å². The number of unbranched alkanes of at least 4 members (excludes halogenated alkanes) is 1. The lowest BCUT2D eigenvalue weighted by molar-refractivity contribution is -0.131. The topological polar surface area (TPSA) is 123 Å². The van der Waals surface area contributed by atoms with Gasteiger partial charge in [0, 0.05) is 25.2 Å². The molecule has 1 aromatic carbocycles. The molecule has 0 bridgehead atoms. The van der Waals surface area contributed by atoms with Crippen LogP contribution in [0.5, 0.6) is 11.5 Å². The number of nitrogens with one attached hydrogen (secondary N) is 2. The molecule has 1 aliphatic rings. The molecule has 3 heterocycles. The van der Waals surface area contributed by atoms with Crippen LogP contribution >= 0.6 is 0 Å². The number of aryl methyl sites for hydroxylation is 1. The van der Waals surface area contributed by atoms with Gasteiger partial charge in [0.15, 0.2) is 17.3 Å². The Bertz CT molecular complexity index is 1100. The lowest BCUT2D eigenvalue weighted by Crippen LogP contribution is -2.38. The maximum Gasteiger partial charge on any atom is 0.249 e. The van der Waals surface area contributed by atoms with E-state index in [-0.39, 0.29) is 11.8 Å². The smallest absolute Gasteiger partial charge is 0.249 e. The number of carbonyl (C=O) groups excluding carboxylic acids is 1. The Balaban J connectivity index is 1.43. The largest absolute Gasteiger partial charge is 0.486 e. The van der Waals surface area contributed by atoms with E-state index >= 15 is 0 Å². The van der Waals surface area contributed by atoms with Gasteiger partial charge < -0.3 is 25.2 Å². The lowest BCUT2D eigenvalue weighted by Gasteiger charge is -2.19. The molecule has 10 nitrogen and oxygen atoms in total. The van der Waals surface area contributed by atoms with Gasteiger partial charge in [-0.25, -0.2) is 4.98 Å². The molecule has 0 aliphatic carbocycles. The van der Waals surface area contributed by atoms with Crippen LogP contribution in [0.15, 0.2) is 12.1 Å². The van der Waals surface area contributed by atoms with Gasteiger partial charge >= 0.3 is 0 Å². The van der Waals surface area contributed by atoms with Crippen molar-refractivity contribution in [1.82, 2.24) is 24.9 Å². The summed E-state index contributed by atoms with van der Waals surface area (Å²) in [5, 5.41) is 24.3. The van der Waals surface area contributed by atoms with Crippen LogP contribution in [0, 0.1) is 12.8 Å². The first-order chi connectivity index (χ1) is 15.0. The Hall–Kier alpha value is -3.14. The van der Waals surface area contributed by atoms with Gasteiger partial charge in [-0.3, -0.25) is 9.20 Å². The molecule has 0 fully saturated rings. The van der Waals surface area contributed by atoms with E-state index in [2.05, 4.69) is 20.8 Å². The average Bonchev–Trinajstić information content (AvgIpc) is 3.16. The molecule has 0 saturated carbocycles. The molecule has 1 aliphatic heterocycles. The van der Waals surface area contributed by atoms with Crippen LogP contribution in [0.1, 0.15) is 32.5 Å². The van der Waals surface area contributed by atoms with Crippen molar-refractivity contribution in [3.8, 4) is 11.5 Å². The number of nitrogens with zero attached hydrogens (tertiary/aromatic N) is 4. The van der Waals surface area contributed by atoms with Gasteiger partial charge in [-0.05, 0) is 25.7 Å². The third-order valence-electron chi connectivity index (χ3n) is 5.24. The van der Waals surface area contributed by atoms with Crippen molar-refractivity contribution in [2.45, 2.75) is 39.7 Å². The number of hydrogen-bond donors (Lipinski definition) is 3. The number of rotatable bonds is 8. The second-order valence-corrected chi connectivity index (χ2v) is 7.96. The molecule has 31 heavy (non-hydrogen) atoms. The average molecular weight is 428 g/mol. The van der Waals surface area contributed by atoms with Crippen LogP contribution in [0.2, 0.25) is 0 Å². The van der Waals surface area contributed by atoms with Crippen molar-refractivity contribution in [2.24, 2.45) is 5.92 Å². The Morgan fingerprint density at radius 1 is 1.16 bits per heavy atom. The standard InChI is InChI=1S/C21H28N6O4/c1-12(2)18(28)21(29)23-7-5-4-6-22-19-20-26-25-13(3)27(20)15-11-17-16(10-14(15)24-19)30-8-9-31-17/h10-12,18,28H,4-9H2,1-3H3,(H,22,24)(H,23,29)/t18-/m1/s1. The third-order valence-corrected chi connectivity index (χ3v) is 5.24. The highest BCUT2D eigenvalue weighted by molar-refractivity contribution is 5.86. The minimum atomic E-state index is -0.968. The van der Waals surface area contributed by atoms with Gasteiger partial charge in [-0.2, -0.15) is 0 Å². The van der Waals surface area contributed by atoms with Gasteiger partial charge in [0.2, 0.25) is 11.6 Å². The summed E-state index contributed by atoms with van der Waals surface area (Å²) in [7, 11) is 0. The highest BCUT2D eigenvalue weighted by atomic mass is 16.6. The zero-order valence-corrected chi connectivity index (χ0v) is 18.0. The number of ether oxygens (including phenoxy) is 2. The van der Waals surface area contributed by atoms with Crippen LogP contribution in [0.3, 0.4) is 0 Å². The number of anilines is 1. The summed E-state index contributed by atoms with van der Waals surface area (Å²) in [5.41, 5.74) is 2.27. The molecule has 0 unspecified atom stereocenters. The van der Waals surface area contributed by atoms with Crippen LogP contribution in [-0.4, -0.2) is 63.0 Å². The van der Waals surface area contributed by atoms with E-state index in [0.29, 0.717) is 49.3 Å². The number of aromatic nitrogens is 4. The van der Waals surface area contributed by atoms with E-state index in [1.807, 2.05) is 37.3 Å². The molecule has 0 spiro atoms. The zero-order chi connectivity index (χ0) is 22.0. The summed E-state index contributed by atoms with van der Waals surface area (Å²) in [4.78, 5) is 16.5. The fourth-order valence-corrected chi connectivity index (χ4v) is 3.50. The summed E-state index contributed by atoms with van der Waals surface area (Å²) in [6.07, 6.45) is 0.625. The van der Waals surface area contributed by atoms with Crippen LogP contribution in [0.4, 0.5) is 5.82 Å². The molecule has 166 valence electrons. The Labute approximate surface area is 180 Å². The summed E-state index contributed by atoms with van der Waals surface area (Å²) < 4.78 is 13.4. The van der Waals surface area contributed by atoms with Crippen LogP contribution < -0.4 is 20.1 Å². The molecule has 2 aromatic heterocycles.